The lowest BCUT2D eigenvalue weighted by atomic mass is 9.99. The van der Waals surface area contributed by atoms with E-state index in [2.05, 4.69) is 6.07 Å². The van der Waals surface area contributed by atoms with Gasteiger partial charge in [0.1, 0.15) is 11.2 Å². The minimum absolute atomic E-state index is 0.0382. The number of fused-ring (bicyclic) bond motifs is 5. The summed E-state index contributed by atoms with van der Waals surface area (Å²) in [6.45, 7) is 0. The SMILES string of the molecule is [2H]c1c([2H])c(N(c2ccc(-c3ccc4ccccc4c3)cc2)c2c([2H])c([2H])c(-c3cccc4c3oc3ccccc34)c([2H])c2[2H])c([2H])c([2H])c1-c1ccc2ccccc2c1. The van der Waals surface area contributed by atoms with Crippen molar-refractivity contribution in [1.82, 2.24) is 0 Å². The Balaban J connectivity index is 1.19. The van der Waals surface area contributed by atoms with Crippen LogP contribution < -0.4 is 4.90 Å². The highest BCUT2D eigenvalue weighted by molar-refractivity contribution is 6.09. The number of anilines is 3. The van der Waals surface area contributed by atoms with Crippen LogP contribution in [0.2, 0.25) is 0 Å². The Hall–Kier alpha value is -6.90. The van der Waals surface area contributed by atoms with Crippen LogP contribution in [0, 0.1) is 0 Å². The summed E-state index contributed by atoms with van der Waals surface area (Å²) in [6, 6.07) is 44.6. The van der Waals surface area contributed by atoms with Crippen molar-refractivity contribution in [2.24, 2.45) is 0 Å². The summed E-state index contributed by atoms with van der Waals surface area (Å²) in [5.41, 5.74) is 3.82. The number of hydrogen-bond donors (Lipinski definition) is 0. The first-order valence-electron chi connectivity index (χ1n) is 21.1. The molecule has 10 aromatic rings. The van der Waals surface area contributed by atoms with Crippen LogP contribution >= 0.6 is 0 Å². The highest BCUT2D eigenvalue weighted by atomic mass is 16.3. The molecule has 0 aliphatic heterocycles. The highest BCUT2D eigenvalue weighted by Gasteiger charge is 2.16. The van der Waals surface area contributed by atoms with Gasteiger partial charge >= 0.3 is 0 Å². The molecule has 2 heteroatoms. The Kier molecular flexibility index (Phi) is 5.45. The van der Waals surface area contributed by atoms with E-state index in [1.807, 2.05) is 115 Å². The van der Waals surface area contributed by atoms with Gasteiger partial charge in [-0.2, -0.15) is 0 Å². The normalized spacial score (nSPS) is 13.6. The van der Waals surface area contributed by atoms with Gasteiger partial charge in [0.25, 0.3) is 0 Å². The third-order valence-corrected chi connectivity index (χ3v) is 9.59. The monoisotopic (exact) mass is 671 g/mol. The molecule has 52 heavy (non-hydrogen) atoms. The Bertz CT molecular complexity index is 3320. The fraction of sp³-hybridized carbons (Fsp3) is 0. The second kappa shape index (κ2) is 12.5. The van der Waals surface area contributed by atoms with Crippen molar-refractivity contribution in [3.8, 4) is 33.4 Å². The van der Waals surface area contributed by atoms with E-state index in [4.69, 9.17) is 4.42 Å². The van der Waals surface area contributed by atoms with Gasteiger partial charge in [-0.25, -0.2) is 0 Å². The Labute approximate surface area is 313 Å². The maximum Gasteiger partial charge on any atom is 0.143 e. The molecule has 0 spiro atoms. The van der Waals surface area contributed by atoms with Crippen molar-refractivity contribution in [2.45, 2.75) is 0 Å². The van der Waals surface area contributed by atoms with Crippen LogP contribution in [0.5, 0.6) is 0 Å². The van der Waals surface area contributed by atoms with Crippen LogP contribution in [0.3, 0.4) is 0 Å². The molecule has 1 aromatic heterocycles. The van der Waals surface area contributed by atoms with Crippen molar-refractivity contribution in [3.05, 3.63) is 200 Å². The van der Waals surface area contributed by atoms with Crippen molar-refractivity contribution in [3.63, 3.8) is 0 Å². The standard InChI is InChI=1S/C50H33NO/c1-3-10-39-32-41(18-16-34(39)8-1)36-20-26-43(27-21-36)51(44-28-22-37(23-29-44)42-19-17-35-9-2-4-11-40(35)33-42)45-30-24-38(25-31-45)46-13-7-14-48-47-12-5-6-15-49(47)52-50(46)48/h1-33H/i20D,21D,24D,25D,26D,27D,30D,31D. The third-order valence-electron chi connectivity index (χ3n) is 9.59. The van der Waals surface area contributed by atoms with Crippen molar-refractivity contribution in [2.75, 3.05) is 4.90 Å². The number of para-hydroxylation sites is 2. The first kappa shape index (κ1) is 22.7. The van der Waals surface area contributed by atoms with E-state index in [1.165, 1.54) is 4.90 Å². The molecule has 1 heterocycles. The topological polar surface area (TPSA) is 16.4 Å². The number of furan rings is 1. The summed E-state index contributed by atoms with van der Waals surface area (Å²) >= 11 is 0. The zero-order valence-electron chi connectivity index (χ0n) is 35.8. The van der Waals surface area contributed by atoms with E-state index < -0.39 is 24.2 Å². The molecular formula is C50H33NO. The average molecular weight is 672 g/mol. The number of rotatable bonds is 6. The van der Waals surface area contributed by atoms with Crippen LogP contribution in [-0.2, 0) is 0 Å². The van der Waals surface area contributed by atoms with Crippen LogP contribution in [0.25, 0.3) is 76.9 Å². The number of nitrogens with zero attached hydrogens (tertiary/aromatic N) is 1. The molecule has 244 valence electrons. The fourth-order valence-electron chi connectivity index (χ4n) is 6.95. The molecule has 0 fully saturated rings. The van der Waals surface area contributed by atoms with E-state index in [1.54, 1.807) is 30.3 Å². The Morgan fingerprint density at radius 3 is 1.54 bits per heavy atom. The van der Waals surface area contributed by atoms with Crippen LogP contribution in [0.4, 0.5) is 17.1 Å². The van der Waals surface area contributed by atoms with Crippen LogP contribution in [-0.4, -0.2) is 0 Å². The van der Waals surface area contributed by atoms with E-state index >= 15 is 0 Å². The van der Waals surface area contributed by atoms with E-state index in [0.29, 0.717) is 28.0 Å². The van der Waals surface area contributed by atoms with Gasteiger partial charge in [0.05, 0.1) is 11.0 Å². The number of hydrogen-bond acceptors (Lipinski definition) is 2. The van der Waals surface area contributed by atoms with Crippen molar-refractivity contribution >= 4 is 60.5 Å². The van der Waals surface area contributed by atoms with Gasteiger partial charge in [0.2, 0.25) is 0 Å². The molecule has 0 amide bonds. The summed E-state index contributed by atoms with van der Waals surface area (Å²) in [5.74, 6) is 0. The quantitative estimate of drug-likeness (QED) is 0.175. The van der Waals surface area contributed by atoms with Crippen LogP contribution in [0.15, 0.2) is 204 Å². The lowest BCUT2D eigenvalue weighted by Gasteiger charge is -2.26. The molecule has 0 bridgehead atoms. The van der Waals surface area contributed by atoms with Gasteiger partial charge < -0.3 is 9.32 Å². The lowest BCUT2D eigenvalue weighted by molar-refractivity contribution is 0.670. The molecule has 0 N–H and O–H groups in total. The molecule has 0 unspecified atom stereocenters. The van der Waals surface area contributed by atoms with Gasteiger partial charge in [-0.15, -0.1) is 0 Å². The molecule has 0 aliphatic carbocycles. The highest BCUT2D eigenvalue weighted by Crippen LogP contribution is 2.40. The van der Waals surface area contributed by atoms with Crippen molar-refractivity contribution in [1.29, 1.82) is 0 Å². The predicted molar refractivity (Wildman–Crippen MR) is 220 cm³/mol. The van der Waals surface area contributed by atoms with Gasteiger partial charge in [0, 0.05) is 33.4 Å². The van der Waals surface area contributed by atoms with E-state index in [9.17, 15) is 11.0 Å². The summed E-state index contributed by atoms with van der Waals surface area (Å²) < 4.78 is 81.8. The van der Waals surface area contributed by atoms with Crippen LogP contribution in [0.1, 0.15) is 11.0 Å². The molecular weight excluding hydrogens is 631 g/mol. The second-order valence-electron chi connectivity index (χ2n) is 12.7. The predicted octanol–water partition coefficient (Wildman–Crippen LogP) is 14.4. The average Bonchev–Trinajstić information content (AvgIpc) is 3.67. The molecule has 0 saturated heterocycles. The maximum absolute atomic E-state index is 9.54. The van der Waals surface area contributed by atoms with Gasteiger partial charge in [-0.1, -0.05) is 145 Å². The number of benzene rings is 9. The first-order valence-corrected chi connectivity index (χ1v) is 17.1. The minimum atomic E-state index is -0.423. The molecule has 0 radical (unpaired) electrons. The molecule has 2 nitrogen and oxygen atoms in total. The van der Waals surface area contributed by atoms with E-state index in [-0.39, 0.29) is 46.7 Å². The smallest absolute Gasteiger partial charge is 0.143 e. The summed E-state index contributed by atoms with van der Waals surface area (Å²) in [6.07, 6.45) is 0. The van der Waals surface area contributed by atoms with Gasteiger partial charge in [-0.05, 0) is 104 Å². The molecule has 0 aliphatic rings. The lowest BCUT2D eigenvalue weighted by Crippen LogP contribution is -2.09. The van der Waals surface area contributed by atoms with Gasteiger partial charge in [-0.3, -0.25) is 0 Å². The Morgan fingerprint density at radius 2 is 0.885 bits per heavy atom. The maximum atomic E-state index is 9.54. The zero-order valence-corrected chi connectivity index (χ0v) is 27.8. The molecule has 9 aromatic carbocycles. The summed E-state index contributed by atoms with van der Waals surface area (Å²) in [4.78, 5) is 1.33. The van der Waals surface area contributed by atoms with Crippen molar-refractivity contribution < 1.29 is 15.4 Å². The fourth-order valence-corrected chi connectivity index (χ4v) is 6.95. The summed E-state index contributed by atoms with van der Waals surface area (Å²) in [5, 5.41) is 5.64. The second-order valence-corrected chi connectivity index (χ2v) is 12.7. The van der Waals surface area contributed by atoms with Gasteiger partial charge in [0.15, 0.2) is 0 Å². The minimum Gasteiger partial charge on any atom is -0.455 e. The molecule has 0 saturated carbocycles. The summed E-state index contributed by atoms with van der Waals surface area (Å²) in [7, 11) is 0. The molecule has 0 atom stereocenters. The largest absolute Gasteiger partial charge is 0.455 e. The third kappa shape index (κ3) is 5.30. The first-order chi connectivity index (χ1) is 29.1. The van der Waals surface area contributed by atoms with E-state index in [0.717, 1.165) is 43.4 Å². The Morgan fingerprint density at radius 1 is 0.365 bits per heavy atom. The molecule has 10 rings (SSSR count). The zero-order chi connectivity index (χ0) is 41.4.